The van der Waals surface area contributed by atoms with Crippen molar-refractivity contribution in [1.82, 2.24) is 0 Å². The SMILES string of the molecule is CC(C)CC1[B]C(C)S1. The zero-order valence-electron chi connectivity index (χ0n) is 6.42. The lowest BCUT2D eigenvalue weighted by Gasteiger charge is -2.32. The number of hydrogen-bond donors (Lipinski definition) is 0. The van der Waals surface area contributed by atoms with E-state index in [-0.39, 0.29) is 0 Å². The summed E-state index contributed by atoms with van der Waals surface area (Å²) in [6.07, 6.45) is 1.37. The molecule has 0 spiro atoms. The molecule has 2 heteroatoms. The molecule has 1 heterocycles. The molecule has 1 aliphatic rings. The van der Waals surface area contributed by atoms with Gasteiger partial charge < -0.3 is 0 Å². The Morgan fingerprint density at radius 2 is 2.11 bits per heavy atom. The Balaban J connectivity index is 2.04. The lowest BCUT2D eigenvalue weighted by atomic mass is 9.67. The summed E-state index contributed by atoms with van der Waals surface area (Å²) in [5.41, 5.74) is 0. The maximum absolute atomic E-state index is 2.45. The summed E-state index contributed by atoms with van der Waals surface area (Å²) in [4.78, 5) is 0. The van der Waals surface area contributed by atoms with Crippen molar-refractivity contribution < 1.29 is 0 Å². The van der Waals surface area contributed by atoms with Gasteiger partial charge in [-0.3, -0.25) is 0 Å². The topological polar surface area (TPSA) is 0 Å². The largest absolute Gasteiger partial charge is 0.173 e. The van der Waals surface area contributed by atoms with Gasteiger partial charge in [0.1, 0.15) is 7.28 Å². The maximum Gasteiger partial charge on any atom is 0.144 e. The molecular weight excluding hydrogens is 127 g/mol. The predicted octanol–water partition coefficient (Wildman–Crippen LogP) is 2.16. The fourth-order valence-electron chi connectivity index (χ4n) is 1.18. The summed E-state index contributed by atoms with van der Waals surface area (Å²) in [7, 11) is 2.45. The molecule has 1 rings (SSSR count). The summed E-state index contributed by atoms with van der Waals surface area (Å²) < 4.78 is 0. The molecule has 9 heavy (non-hydrogen) atoms. The minimum absolute atomic E-state index is 0.828. The highest BCUT2D eigenvalue weighted by atomic mass is 32.2. The zero-order chi connectivity index (χ0) is 6.85. The van der Waals surface area contributed by atoms with Gasteiger partial charge >= 0.3 is 0 Å². The Hall–Kier alpha value is 0.415. The van der Waals surface area contributed by atoms with Gasteiger partial charge in [-0.15, -0.1) is 0 Å². The number of hydrogen-bond acceptors (Lipinski definition) is 1. The first-order valence-corrected chi connectivity index (χ1v) is 4.63. The molecule has 0 N–H and O–H groups in total. The van der Waals surface area contributed by atoms with Crippen LogP contribution in [0.3, 0.4) is 0 Å². The molecule has 51 valence electrons. The van der Waals surface area contributed by atoms with Crippen LogP contribution in [0.25, 0.3) is 0 Å². The average molecular weight is 141 g/mol. The number of rotatable bonds is 2. The monoisotopic (exact) mass is 141 g/mol. The Morgan fingerprint density at radius 3 is 2.44 bits per heavy atom. The Bertz CT molecular complexity index is 86.9. The predicted molar refractivity (Wildman–Crippen MR) is 46.1 cm³/mol. The van der Waals surface area contributed by atoms with E-state index < -0.39 is 0 Å². The van der Waals surface area contributed by atoms with Crippen molar-refractivity contribution in [2.75, 3.05) is 0 Å². The van der Waals surface area contributed by atoms with Gasteiger partial charge in [0.15, 0.2) is 0 Å². The molecule has 1 aliphatic heterocycles. The van der Waals surface area contributed by atoms with Crippen LogP contribution in [-0.2, 0) is 0 Å². The minimum Gasteiger partial charge on any atom is -0.173 e. The van der Waals surface area contributed by atoms with Crippen molar-refractivity contribution in [3.8, 4) is 0 Å². The molecule has 1 radical (unpaired) electrons. The highest BCUT2D eigenvalue weighted by Crippen LogP contribution is 2.32. The second-order valence-corrected chi connectivity index (χ2v) is 4.82. The smallest absolute Gasteiger partial charge is 0.144 e. The van der Waals surface area contributed by atoms with Gasteiger partial charge in [-0.2, -0.15) is 11.8 Å². The van der Waals surface area contributed by atoms with Crippen LogP contribution < -0.4 is 0 Å². The summed E-state index contributed by atoms with van der Waals surface area (Å²) in [5.74, 6) is 0.867. The lowest BCUT2D eigenvalue weighted by Crippen LogP contribution is -2.35. The first-order valence-electron chi connectivity index (χ1n) is 3.69. The van der Waals surface area contributed by atoms with Crippen LogP contribution in [0.5, 0.6) is 0 Å². The van der Waals surface area contributed by atoms with Crippen molar-refractivity contribution in [1.29, 1.82) is 0 Å². The third-order valence-corrected chi connectivity index (χ3v) is 2.86. The Morgan fingerprint density at radius 1 is 1.56 bits per heavy atom. The van der Waals surface area contributed by atoms with Crippen LogP contribution in [0, 0.1) is 5.92 Å². The van der Waals surface area contributed by atoms with Gasteiger partial charge in [-0.1, -0.05) is 20.8 Å². The van der Waals surface area contributed by atoms with E-state index in [0.29, 0.717) is 0 Å². The van der Waals surface area contributed by atoms with Crippen LogP contribution in [0.2, 0.25) is 0 Å². The Labute approximate surface area is 63.0 Å². The van der Waals surface area contributed by atoms with Crippen LogP contribution in [-0.4, -0.2) is 17.6 Å². The van der Waals surface area contributed by atoms with E-state index in [2.05, 4.69) is 39.8 Å². The molecule has 0 aliphatic carbocycles. The van der Waals surface area contributed by atoms with E-state index in [9.17, 15) is 0 Å². The molecule has 0 saturated carbocycles. The van der Waals surface area contributed by atoms with Crippen LogP contribution in [0.4, 0.5) is 0 Å². The summed E-state index contributed by atoms with van der Waals surface area (Å²) in [5, 5.41) is 1.70. The summed E-state index contributed by atoms with van der Waals surface area (Å²) in [6.45, 7) is 6.84. The molecule has 1 saturated heterocycles. The van der Waals surface area contributed by atoms with E-state index >= 15 is 0 Å². The molecule has 2 atom stereocenters. The molecule has 0 amide bonds. The van der Waals surface area contributed by atoms with Crippen LogP contribution >= 0.6 is 11.8 Å². The first-order chi connectivity index (χ1) is 4.18. The summed E-state index contributed by atoms with van der Waals surface area (Å²) >= 11 is 2.10. The molecule has 1 fully saturated rings. The van der Waals surface area contributed by atoms with Crippen molar-refractivity contribution in [3.63, 3.8) is 0 Å². The lowest BCUT2D eigenvalue weighted by molar-refractivity contribution is 0.610. The van der Waals surface area contributed by atoms with E-state index in [4.69, 9.17) is 0 Å². The molecule has 2 unspecified atom stereocenters. The fourth-order valence-corrected chi connectivity index (χ4v) is 2.56. The highest BCUT2D eigenvalue weighted by Gasteiger charge is 2.27. The van der Waals surface area contributed by atoms with E-state index in [1.54, 1.807) is 0 Å². The van der Waals surface area contributed by atoms with Gasteiger partial charge in [0.05, 0.1) is 0 Å². The normalized spacial score (nSPS) is 33.8. The van der Waals surface area contributed by atoms with Crippen LogP contribution in [0.1, 0.15) is 27.2 Å². The van der Waals surface area contributed by atoms with Gasteiger partial charge in [-0.05, 0) is 22.6 Å². The van der Waals surface area contributed by atoms with Crippen molar-refractivity contribution in [2.24, 2.45) is 5.92 Å². The van der Waals surface area contributed by atoms with Crippen molar-refractivity contribution >= 4 is 19.0 Å². The third kappa shape index (κ3) is 2.25. The van der Waals surface area contributed by atoms with Gasteiger partial charge in [0.25, 0.3) is 0 Å². The molecule has 0 nitrogen and oxygen atoms in total. The molecular formula is C7H14BS. The minimum atomic E-state index is 0.828. The Kier molecular flexibility index (Phi) is 2.51. The van der Waals surface area contributed by atoms with Crippen molar-refractivity contribution in [3.05, 3.63) is 0 Å². The maximum atomic E-state index is 2.45. The fraction of sp³-hybridized carbons (Fsp3) is 1.00. The third-order valence-electron chi connectivity index (χ3n) is 1.58. The van der Waals surface area contributed by atoms with Gasteiger partial charge in [-0.25, -0.2) is 0 Å². The van der Waals surface area contributed by atoms with Crippen molar-refractivity contribution in [2.45, 2.75) is 37.5 Å². The van der Waals surface area contributed by atoms with Crippen LogP contribution in [0.15, 0.2) is 0 Å². The van der Waals surface area contributed by atoms with E-state index in [1.807, 2.05) is 0 Å². The standard InChI is InChI=1S/C7H14BS/c1-5(2)4-7-8-6(3)9-7/h5-7H,4H2,1-3H3. The molecule has 0 aromatic carbocycles. The second kappa shape index (κ2) is 3.00. The molecule has 0 bridgehead atoms. The molecule has 0 aromatic rings. The second-order valence-electron chi connectivity index (χ2n) is 3.20. The molecule has 0 aromatic heterocycles. The first kappa shape index (κ1) is 7.52. The van der Waals surface area contributed by atoms with E-state index in [1.165, 1.54) is 6.42 Å². The summed E-state index contributed by atoms with van der Waals surface area (Å²) in [6, 6.07) is 0. The quantitative estimate of drug-likeness (QED) is 0.531. The number of thioether (sulfide) groups is 1. The van der Waals surface area contributed by atoms with Gasteiger partial charge in [0.2, 0.25) is 0 Å². The zero-order valence-corrected chi connectivity index (χ0v) is 7.24. The highest BCUT2D eigenvalue weighted by molar-refractivity contribution is 8.06. The average Bonchev–Trinajstić information content (AvgIpc) is 1.60. The van der Waals surface area contributed by atoms with Gasteiger partial charge in [0, 0.05) is 0 Å². The van der Waals surface area contributed by atoms with E-state index in [0.717, 1.165) is 16.2 Å².